The highest BCUT2D eigenvalue weighted by atomic mass is 79.9. The van der Waals surface area contributed by atoms with Crippen LogP contribution in [-0.4, -0.2) is 18.1 Å². The highest BCUT2D eigenvalue weighted by molar-refractivity contribution is 9.10. The molecule has 0 amide bonds. The molecule has 0 aliphatic heterocycles. The molecule has 0 fully saturated rings. The summed E-state index contributed by atoms with van der Waals surface area (Å²) in [6, 6.07) is 5.92. The normalized spacial score (nSPS) is 10.2. The average molecular weight is 340 g/mol. The van der Waals surface area contributed by atoms with Crippen LogP contribution < -0.4 is 11.1 Å². The number of rotatable bonds is 3. The van der Waals surface area contributed by atoms with Gasteiger partial charge >= 0.3 is 5.97 Å². The summed E-state index contributed by atoms with van der Waals surface area (Å²) in [6.07, 6.45) is 1.39. The third kappa shape index (κ3) is 3.05. The fourth-order valence-electron chi connectivity index (χ4n) is 1.56. The number of anilines is 3. The van der Waals surface area contributed by atoms with Gasteiger partial charge in [0.15, 0.2) is 0 Å². The van der Waals surface area contributed by atoms with Crippen molar-refractivity contribution in [3.05, 3.63) is 46.3 Å². The van der Waals surface area contributed by atoms with Crippen LogP contribution in [0, 0.1) is 5.82 Å². The van der Waals surface area contributed by atoms with Gasteiger partial charge in [-0.3, -0.25) is 0 Å². The van der Waals surface area contributed by atoms with Crippen molar-refractivity contribution in [1.29, 1.82) is 0 Å². The Labute approximate surface area is 123 Å². The zero-order valence-electron chi connectivity index (χ0n) is 10.5. The zero-order valence-corrected chi connectivity index (χ0v) is 12.1. The Kier molecular flexibility index (Phi) is 4.19. The molecule has 2 aromatic rings. The van der Waals surface area contributed by atoms with Gasteiger partial charge in [0.25, 0.3) is 0 Å². The lowest BCUT2D eigenvalue weighted by atomic mass is 10.2. The van der Waals surface area contributed by atoms with Gasteiger partial charge in [0.2, 0.25) is 0 Å². The monoisotopic (exact) mass is 339 g/mol. The minimum Gasteiger partial charge on any atom is -0.465 e. The van der Waals surface area contributed by atoms with Crippen LogP contribution in [0.1, 0.15) is 10.4 Å². The number of methoxy groups -OCH3 is 1. The number of nitrogens with two attached hydrogens (primary N) is 1. The third-order valence-electron chi connectivity index (χ3n) is 2.50. The number of nitrogen functional groups attached to an aromatic ring is 1. The maximum absolute atomic E-state index is 13.5. The summed E-state index contributed by atoms with van der Waals surface area (Å²) in [5, 5.41) is 2.85. The molecule has 20 heavy (non-hydrogen) atoms. The van der Waals surface area contributed by atoms with Gasteiger partial charge in [-0.05, 0) is 40.2 Å². The highest BCUT2D eigenvalue weighted by Gasteiger charge is 2.14. The van der Waals surface area contributed by atoms with E-state index >= 15 is 0 Å². The van der Waals surface area contributed by atoms with Crippen molar-refractivity contribution in [3.63, 3.8) is 0 Å². The van der Waals surface area contributed by atoms with Gasteiger partial charge < -0.3 is 15.8 Å². The molecule has 104 valence electrons. The van der Waals surface area contributed by atoms with Gasteiger partial charge in [-0.1, -0.05) is 0 Å². The first kappa shape index (κ1) is 14.3. The lowest BCUT2D eigenvalue weighted by molar-refractivity contribution is 0.0601. The number of esters is 1. The number of hydrogen-bond donors (Lipinski definition) is 2. The first-order valence-electron chi connectivity index (χ1n) is 5.57. The van der Waals surface area contributed by atoms with E-state index in [1.165, 1.54) is 25.4 Å². The van der Waals surface area contributed by atoms with E-state index in [1.54, 1.807) is 12.1 Å². The number of benzene rings is 1. The van der Waals surface area contributed by atoms with E-state index in [0.29, 0.717) is 15.8 Å². The quantitative estimate of drug-likeness (QED) is 0.840. The van der Waals surface area contributed by atoms with Crippen molar-refractivity contribution in [3.8, 4) is 0 Å². The molecule has 0 saturated carbocycles. The molecular weight excluding hydrogens is 329 g/mol. The van der Waals surface area contributed by atoms with E-state index in [1.807, 2.05) is 0 Å². The Morgan fingerprint density at radius 1 is 1.45 bits per heavy atom. The second-order valence-electron chi connectivity index (χ2n) is 3.91. The molecule has 1 heterocycles. The summed E-state index contributed by atoms with van der Waals surface area (Å²) >= 11 is 3.06. The van der Waals surface area contributed by atoms with Crippen LogP contribution in [0.3, 0.4) is 0 Å². The maximum Gasteiger partial charge on any atom is 0.341 e. The van der Waals surface area contributed by atoms with Crippen molar-refractivity contribution in [2.24, 2.45) is 0 Å². The summed E-state index contributed by atoms with van der Waals surface area (Å²) in [5.74, 6) is -0.761. The summed E-state index contributed by atoms with van der Waals surface area (Å²) in [7, 11) is 1.26. The molecule has 0 radical (unpaired) electrons. The Morgan fingerprint density at radius 2 is 2.20 bits per heavy atom. The Hall–Kier alpha value is -2.15. The minimum atomic E-state index is -0.579. The van der Waals surface area contributed by atoms with Gasteiger partial charge in [0.05, 0.1) is 23.5 Å². The van der Waals surface area contributed by atoms with Crippen molar-refractivity contribution < 1.29 is 13.9 Å². The van der Waals surface area contributed by atoms with Crippen molar-refractivity contribution >= 4 is 39.1 Å². The SMILES string of the molecule is COC(=O)c1cc(N)cnc1Nc1ccc(Br)c(F)c1. The fourth-order valence-corrected chi connectivity index (χ4v) is 1.80. The molecule has 0 saturated heterocycles. The van der Waals surface area contributed by atoms with Crippen molar-refractivity contribution in [2.45, 2.75) is 0 Å². The molecule has 0 aliphatic rings. The van der Waals surface area contributed by atoms with Crippen molar-refractivity contribution in [1.82, 2.24) is 4.98 Å². The number of carbonyl (C=O) groups excluding carboxylic acids is 1. The van der Waals surface area contributed by atoms with E-state index in [4.69, 9.17) is 5.73 Å². The second kappa shape index (κ2) is 5.87. The number of ether oxygens (including phenoxy) is 1. The molecule has 5 nitrogen and oxygen atoms in total. The van der Waals surface area contributed by atoms with Crippen LogP contribution in [0.2, 0.25) is 0 Å². The fraction of sp³-hybridized carbons (Fsp3) is 0.0769. The molecule has 0 bridgehead atoms. The average Bonchev–Trinajstić information content (AvgIpc) is 2.44. The summed E-state index contributed by atoms with van der Waals surface area (Å²) in [5.41, 5.74) is 6.55. The maximum atomic E-state index is 13.5. The molecule has 2 rings (SSSR count). The van der Waals surface area contributed by atoms with E-state index in [2.05, 4.69) is 31.0 Å². The summed E-state index contributed by atoms with van der Waals surface area (Å²) in [4.78, 5) is 15.7. The largest absolute Gasteiger partial charge is 0.465 e. The summed E-state index contributed by atoms with van der Waals surface area (Å²) < 4.78 is 18.5. The predicted molar refractivity (Wildman–Crippen MR) is 77.4 cm³/mol. The number of halogens is 2. The van der Waals surface area contributed by atoms with Crippen LogP contribution in [-0.2, 0) is 4.74 Å². The molecular formula is C13H11BrFN3O2. The van der Waals surface area contributed by atoms with Gasteiger partial charge in [-0.15, -0.1) is 0 Å². The Morgan fingerprint density at radius 3 is 2.85 bits per heavy atom. The van der Waals surface area contributed by atoms with Crippen LogP contribution in [0.25, 0.3) is 0 Å². The lowest BCUT2D eigenvalue weighted by Crippen LogP contribution is -2.08. The summed E-state index contributed by atoms with van der Waals surface area (Å²) in [6.45, 7) is 0. The van der Waals surface area contributed by atoms with Gasteiger partial charge in [-0.2, -0.15) is 0 Å². The predicted octanol–water partition coefficient (Wildman–Crippen LogP) is 3.10. The van der Waals surface area contributed by atoms with Gasteiger partial charge in [0.1, 0.15) is 17.2 Å². The third-order valence-corrected chi connectivity index (χ3v) is 3.14. The second-order valence-corrected chi connectivity index (χ2v) is 4.76. The molecule has 0 atom stereocenters. The highest BCUT2D eigenvalue weighted by Crippen LogP contribution is 2.24. The number of pyridine rings is 1. The smallest absolute Gasteiger partial charge is 0.341 e. The first-order chi connectivity index (χ1) is 9.51. The molecule has 7 heteroatoms. The molecule has 0 aliphatic carbocycles. The number of nitrogens with one attached hydrogen (secondary N) is 1. The van der Waals surface area contributed by atoms with Gasteiger partial charge in [-0.25, -0.2) is 14.2 Å². The zero-order chi connectivity index (χ0) is 14.7. The number of carbonyl (C=O) groups is 1. The number of aromatic nitrogens is 1. The lowest BCUT2D eigenvalue weighted by Gasteiger charge is -2.10. The number of hydrogen-bond acceptors (Lipinski definition) is 5. The molecule has 3 N–H and O–H groups in total. The van der Waals surface area contributed by atoms with E-state index < -0.39 is 11.8 Å². The minimum absolute atomic E-state index is 0.177. The standard InChI is InChI=1S/C13H11BrFN3O2/c1-20-13(19)9-4-7(16)6-17-12(9)18-8-2-3-10(14)11(15)5-8/h2-6H,16H2,1H3,(H,17,18). The topological polar surface area (TPSA) is 77.2 Å². The van der Waals surface area contributed by atoms with E-state index in [0.717, 1.165) is 0 Å². The first-order valence-corrected chi connectivity index (χ1v) is 6.36. The Bertz CT molecular complexity index is 664. The van der Waals surface area contributed by atoms with Crippen LogP contribution in [0.5, 0.6) is 0 Å². The Balaban J connectivity index is 2.37. The number of nitrogens with zero attached hydrogens (tertiary/aromatic N) is 1. The van der Waals surface area contributed by atoms with Crippen LogP contribution in [0.15, 0.2) is 34.9 Å². The molecule has 0 unspecified atom stereocenters. The van der Waals surface area contributed by atoms with E-state index in [9.17, 15) is 9.18 Å². The molecule has 0 spiro atoms. The van der Waals surface area contributed by atoms with E-state index in [-0.39, 0.29) is 11.4 Å². The molecule has 1 aromatic heterocycles. The van der Waals surface area contributed by atoms with Gasteiger partial charge in [0, 0.05) is 5.69 Å². The van der Waals surface area contributed by atoms with Crippen LogP contribution >= 0.6 is 15.9 Å². The van der Waals surface area contributed by atoms with Crippen LogP contribution in [0.4, 0.5) is 21.6 Å². The van der Waals surface area contributed by atoms with Crippen molar-refractivity contribution in [2.75, 3.05) is 18.2 Å². The molecule has 1 aromatic carbocycles.